The molecule has 0 radical (unpaired) electrons. The number of aryl methyl sites for hydroxylation is 1. The van der Waals surface area contributed by atoms with Gasteiger partial charge in [0.25, 0.3) is 0 Å². The van der Waals surface area contributed by atoms with Gasteiger partial charge in [-0.3, -0.25) is 0 Å². The first-order valence-corrected chi connectivity index (χ1v) is 10.1. The zero-order valence-corrected chi connectivity index (χ0v) is 17.6. The maximum absolute atomic E-state index is 6.03. The van der Waals surface area contributed by atoms with Gasteiger partial charge >= 0.3 is 0 Å². The molecular formula is C23H28N6O. The summed E-state index contributed by atoms with van der Waals surface area (Å²) in [6.07, 6.45) is 0. The van der Waals surface area contributed by atoms with Gasteiger partial charge in [0.1, 0.15) is 18.2 Å². The van der Waals surface area contributed by atoms with E-state index in [0.717, 1.165) is 39.5 Å². The number of hydrogen-bond acceptors (Lipinski definition) is 7. The van der Waals surface area contributed by atoms with Crippen LogP contribution in [0, 0.1) is 6.92 Å². The van der Waals surface area contributed by atoms with Crippen molar-refractivity contribution in [3.63, 3.8) is 0 Å². The second-order valence-corrected chi connectivity index (χ2v) is 8.00. The summed E-state index contributed by atoms with van der Waals surface area (Å²) in [5, 5.41) is 0. The standard InChI is InChI=1S/C23H28N6O/c1-13(2)21-14(3)27-23(26)28-22(21)29-8-9-30-20-7-5-15(10-17(20)12-29)16-4-6-18(24)19(25)11-16/h4-7,10-11,13H,8-9,12,24-25H2,1-3H3,(H2,26,27,28). The second-order valence-electron chi connectivity index (χ2n) is 8.00. The van der Waals surface area contributed by atoms with Crippen molar-refractivity contribution in [3.05, 3.63) is 53.2 Å². The van der Waals surface area contributed by atoms with Crippen molar-refractivity contribution in [1.29, 1.82) is 0 Å². The predicted octanol–water partition coefficient (Wildman–Crippen LogP) is 3.72. The van der Waals surface area contributed by atoms with Gasteiger partial charge in [0.05, 0.1) is 17.9 Å². The number of anilines is 4. The molecule has 2 heterocycles. The molecule has 156 valence electrons. The summed E-state index contributed by atoms with van der Waals surface area (Å²) in [6.45, 7) is 8.25. The SMILES string of the molecule is Cc1nc(N)nc(N2CCOc3ccc(-c4ccc(N)c(N)c4)cc3C2)c1C(C)C. The van der Waals surface area contributed by atoms with Crippen LogP contribution < -0.4 is 26.8 Å². The molecule has 3 aromatic rings. The zero-order chi connectivity index (χ0) is 21.4. The second kappa shape index (κ2) is 7.74. The first-order valence-electron chi connectivity index (χ1n) is 10.1. The van der Waals surface area contributed by atoms with Gasteiger partial charge in [-0.05, 0) is 48.2 Å². The summed E-state index contributed by atoms with van der Waals surface area (Å²) in [7, 11) is 0. The van der Waals surface area contributed by atoms with E-state index in [0.29, 0.717) is 37.0 Å². The van der Waals surface area contributed by atoms with Crippen molar-refractivity contribution in [2.45, 2.75) is 33.2 Å². The molecule has 0 aliphatic carbocycles. The lowest BCUT2D eigenvalue weighted by molar-refractivity contribution is 0.331. The van der Waals surface area contributed by atoms with E-state index in [9.17, 15) is 0 Å². The highest BCUT2D eigenvalue weighted by molar-refractivity contribution is 5.75. The van der Waals surface area contributed by atoms with Gasteiger partial charge in [-0.25, -0.2) is 4.98 Å². The highest BCUT2D eigenvalue weighted by atomic mass is 16.5. The van der Waals surface area contributed by atoms with Crippen LogP contribution in [-0.4, -0.2) is 23.1 Å². The number of fused-ring (bicyclic) bond motifs is 1. The third-order valence-corrected chi connectivity index (χ3v) is 5.47. The van der Waals surface area contributed by atoms with Gasteiger partial charge in [0, 0.05) is 23.4 Å². The van der Waals surface area contributed by atoms with E-state index < -0.39 is 0 Å². The molecule has 1 aliphatic heterocycles. The maximum atomic E-state index is 6.03. The Morgan fingerprint density at radius 2 is 1.70 bits per heavy atom. The topological polar surface area (TPSA) is 116 Å². The molecule has 2 aromatic carbocycles. The van der Waals surface area contributed by atoms with Crippen LogP contribution in [-0.2, 0) is 6.54 Å². The van der Waals surface area contributed by atoms with Crippen LogP contribution >= 0.6 is 0 Å². The first-order chi connectivity index (χ1) is 14.3. The van der Waals surface area contributed by atoms with Crippen molar-refractivity contribution in [2.75, 3.05) is 35.3 Å². The van der Waals surface area contributed by atoms with Crippen LogP contribution in [0.2, 0.25) is 0 Å². The molecule has 0 amide bonds. The molecule has 0 saturated carbocycles. The van der Waals surface area contributed by atoms with Crippen LogP contribution in [0.5, 0.6) is 5.75 Å². The lowest BCUT2D eigenvalue weighted by atomic mass is 10.00. The van der Waals surface area contributed by atoms with Crippen LogP contribution in [0.15, 0.2) is 36.4 Å². The fraction of sp³-hybridized carbons (Fsp3) is 0.304. The molecule has 7 heteroatoms. The van der Waals surface area contributed by atoms with Crippen molar-refractivity contribution < 1.29 is 4.74 Å². The van der Waals surface area contributed by atoms with Gasteiger partial charge in [0.15, 0.2) is 0 Å². The van der Waals surface area contributed by atoms with Crippen LogP contribution in [0.4, 0.5) is 23.1 Å². The van der Waals surface area contributed by atoms with Crippen LogP contribution in [0.1, 0.15) is 36.6 Å². The quantitative estimate of drug-likeness (QED) is 0.570. The molecule has 0 saturated heterocycles. The van der Waals surface area contributed by atoms with E-state index in [-0.39, 0.29) is 5.92 Å². The summed E-state index contributed by atoms with van der Waals surface area (Å²) in [5.74, 6) is 2.35. The van der Waals surface area contributed by atoms with Gasteiger partial charge in [0.2, 0.25) is 5.95 Å². The molecule has 0 atom stereocenters. The smallest absolute Gasteiger partial charge is 0.222 e. The number of benzene rings is 2. The molecule has 4 rings (SSSR count). The molecule has 0 fully saturated rings. The van der Waals surface area contributed by atoms with Crippen molar-refractivity contribution in [2.24, 2.45) is 0 Å². The van der Waals surface area contributed by atoms with E-state index in [1.165, 1.54) is 0 Å². The molecule has 6 N–H and O–H groups in total. The number of nitrogens with two attached hydrogens (primary N) is 3. The average molecular weight is 405 g/mol. The zero-order valence-electron chi connectivity index (χ0n) is 17.6. The molecule has 0 spiro atoms. The molecular weight excluding hydrogens is 376 g/mol. The highest BCUT2D eigenvalue weighted by Gasteiger charge is 2.23. The number of nitrogen functional groups attached to an aromatic ring is 3. The van der Waals surface area contributed by atoms with E-state index in [1.807, 2.05) is 37.3 Å². The molecule has 0 unspecified atom stereocenters. The Hall–Kier alpha value is -3.48. The van der Waals surface area contributed by atoms with Gasteiger partial charge in [-0.2, -0.15) is 4.98 Å². The summed E-state index contributed by atoms with van der Waals surface area (Å²) in [5.41, 5.74) is 24.2. The van der Waals surface area contributed by atoms with E-state index in [4.69, 9.17) is 21.9 Å². The van der Waals surface area contributed by atoms with Crippen LogP contribution in [0.25, 0.3) is 11.1 Å². The Labute approximate surface area is 176 Å². The minimum atomic E-state index is 0.285. The summed E-state index contributed by atoms with van der Waals surface area (Å²) < 4.78 is 6.03. The molecule has 1 aromatic heterocycles. The summed E-state index contributed by atoms with van der Waals surface area (Å²) >= 11 is 0. The monoisotopic (exact) mass is 404 g/mol. The summed E-state index contributed by atoms with van der Waals surface area (Å²) in [6, 6.07) is 11.9. The van der Waals surface area contributed by atoms with Crippen molar-refractivity contribution in [1.82, 2.24) is 9.97 Å². The third-order valence-electron chi connectivity index (χ3n) is 5.47. The average Bonchev–Trinajstić information content (AvgIpc) is 2.90. The Morgan fingerprint density at radius 3 is 2.43 bits per heavy atom. The highest BCUT2D eigenvalue weighted by Crippen LogP contribution is 2.35. The van der Waals surface area contributed by atoms with E-state index in [1.54, 1.807) is 0 Å². The predicted molar refractivity (Wildman–Crippen MR) is 123 cm³/mol. The number of nitrogens with zero attached hydrogens (tertiary/aromatic N) is 3. The molecule has 30 heavy (non-hydrogen) atoms. The number of ether oxygens (including phenoxy) is 1. The Bertz CT molecular complexity index is 1100. The number of rotatable bonds is 3. The van der Waals surface area contributed by atoms with Crippen molar-refractivity contribution >= 4 is 23.1 Å². The minimum absolute atomic E-state index is 0.285. The molecule has 0 bridgehead atoms. The lowest BCUT2D eigenvalue weighted by Crippen LogP contribution is -2.28. The Balaban J connectivity index is 1.74. The largest absolute Gasteiger partial charge is 0.491 e. The van der Waals surface area contributed by atoms with E-state index >= 15 is 0 Å². The Morgan fingerprint density at radius 1 is 0.967 bits per heavy atom. The minimum Gasteiger partial charge on any atom is -0.491 e. The lowest BCUT2D eigenvalue weighted by Gasteiger charge is -2.26. The van der Waals surface area contributed by atoms with Crippen LogP contribution in [0.3, 0.4) is 0 Å². The third kappa shape index (κ3) is 3.70. The normalized spacial score (nSPS) is 13.7. The van der Waals surface area contributed by atoms with E-state index in [2.05, 4.69) is 34.8 Å². The van der Waals surface area contributed by atoms with Crippen molar-refractivity contribution in [3.8, 4) is 16.9 Å². The first kappa shape index (κ1) is 19.8. The Kier molecular flexibility index (Phi) is 5.11. The molecule has 7 nitrogen and oxygen atoms in total. The fourth-order valence-corrected chi connectivity index (χ4v) is 4.01. The molecule has 1 aliphatic rings. The number of aromatic nitrogens is 2. The van der Waals surface area contributed by atoms with Gasteiger partial charge < -0.3 is 26.8 Å². The summed E-state index contributed by atoms with van der Waals surface area (Å²) in [4.78, 5) is 11.2. The maximum Gasteiger partial charge on any atom is 0.222 e. The van der Waals surface area contributed by atoms with Gasteiger partial charge in [-0.1, -0.05) is 26.0 Å². The fourth-order valence-electron chi connectivity index (χ4n) is 4.01. The van der Waals surface area contributed by atoms with Gasteiger partial charge in [-0.15, -0.1) is 0 Å². The number of hydrogen-bond donors (Lipinski definition) is 3.